The summed E-state index contributed by atoms with van der Waals surface area (Å²) in [5, 5.41) is 0. The number of aryl methyl sites for hydroxylation is 2. The molecule has 3 atom stereocenters. The van der Waals surface area contributed by atoms with E-state index in [-0.39, 0.29) is 23.8 Å². The fourth-order valence-electron chi connectivity index (χ4n) is 6.82. The Morgan fingerprint density at radius 3 is 2.52 bits per heavy atom. The number of aromatic amines is 2. The summed E-state index contributed by atoms with van der Waals surface area (Å²) in [7, 11) is 0. The fraction of sp³-hybridized carbons (Fsp3) is 0.421. The Hall–Kier alpha value is -4.72. The van der Waals surface area contributed by atoms with E-state index < -0.39 is 12.1 Å². The minimum atomic E-state index is -0.606. The number of rotatable bonds is 10. The Kier molecular flexibility index (Phi) is 9.81. The molecule has 0 bridgehead atoms. The second-order valence-electron chi connectivity index (χ2n) is 13.5. The highest BCUT2D eigenvalue weighted by Gasteiger charge is 2.36. The maximum atomic E-state index is 13.2. The van der Waals surface area contributed by atoms with Crippen molar-refractivity contribution in [2.24, 2.45) is 17.4 Å². The lowest BCUT2D eigenvalue weighted by molar-refractivity contribution is -0.134. The van der Waals surface area contributed by atoms with Crippen LogP contribution in [0.2, 0.25) is 0 Å². The third kappa shape index (κ3) is 6.80. The van der Waals surface area contributed by atoms with Crippen molar-refractivity contribution in [3.63, 3.8) is 0 Å². The van der Waals surface area contributed by atoms with Gasteiger partial charge in [0.15, 0.2) is 0 Å². The van der Waals surface area contributed by atoms with Crippen molar-refractivity contribution in [3.8, 4) is 46.0 Å². The van der Waals surface area contributed by atoms with Crippen LogP contribution in [0, 0.1) is 18.3 Å². The van der Waals surface area contributed by atoms with E-state index in [9.17, 15) is 9.59 Å². The highest BCUT2D eigenvalue weighted by Crippen LogP contribution is 2.38. The topological polar surface area (TPSA) is 150 Å². The molecule has 1 aliphatic carbocycles. The van der Waals surface area contributed by atoms with Gasteiger partial charge in [0, 0.05) is 30.8 Å². The molecule has 4 aromatic rings. The molecule has 0 radical (unpaired) electrons. The molecule has 1 aliphatic heterocycles. The molecule has 1 saturated heterocycles. The minimum Gasteiger partial charge on any atom is -0.344 e. The van der Waals surface area contributed by atoms with E-state index in [1.54, 1.807) is 18.0 Å². The van der Waals surface area contributed by atoms with Crippen molar-refractivity contribution in [2.75, 3.05) is 13.1 Å². The number of terminal acetylenes is 1. The summed E-state index contributed by atoms with van der Waals surface area (Å²) in [6.07, 6.45) is 12.4. The third-order valence-corrected chi connectivity index (χ3v) is 9.61. The van der Waals surface area contributed by atoms with E-state index in [1.165, 1.54) is 5.56 Å². The van der Waals surface area contributed by atoms with Crippen molar-refractivity contribution in [1.82, 2.24) is 29.7 Å². The van der Waals surface area contributed by atoms with Gasteiger partial charge in [0.1, 0.15) is 11.6 Å². The van der Waals surface area contributed by atoms with Crippen LogP contribution < -0.4 is 11.5 Å². The molecule has 10 heteroatoms. The predicted molar refractivity (Wildman–Crippen MR) is 188 cm³/mol. The normalized spacial score (nSPS) is 16.9. The molecule has 2 aromatic carbocycles. The third-order valence-electron chi connectivity index (χ3n) is 9.61. The van der Waals surface area contributed by atoms with Crippen LogP contribution in [-0.2, 0) is 29.0 Å². The van der Waals surface area contributed by atoms with Gasteiger partial charge in [-0.2, -0.15) is 0 Å². The lowest BCUT2D eigenvalue weighted by Crippen LogP contribution is -2.46. The number of aromatic nitrogens is 4. The average molecular weight is 647 g/mol. The minimum absolute atomic E-state index is 0.0135. The number of nitrogens with two attached hydrogens (primary N) is 2. The van der Waals surface area contributed by atoms with Crippen molar-refractivity contribution < 1.29 is 9.59 Å². The number of fused-ring (bicyclic) bond motifs is 3. The molecule has 250 valence electrons. The molecule has 0 saturated carbocycles. The van der Waals surface area contributed by atoms with Gasteiger partial charge in [-0.3, -0.25) is 9.59 Å². The summed E-state index contributed by atoms with van der Waals surface area (Å²) in [4.78, 5) is 46.0. The molecular formula is C38H46N8O2. The molecule has 0 spiro atoms. The number of carbonyl (C=O) groups is 2. The number of carbonyl (C=O) groups excluding carboxylic acids is 2. The van der Waals surface area contributed by atoms with E-state index in [0.29, 0.717) is 25.3 Å². The summed E-state index contributed by atoms with van der Waals surface area (Å²) in [5.74, 6) is 4.09. The monoisotopic (exact) mass is 646 g/mol. The molecule has 6 N–H and O–H groups in total. The van der Waals surface area contributed by atoms with Gasteiger partial charge < -0.3 is 31.2 Å². The quantitative estimate of drug-likeness (QED) is 0.179. The number of hydrogen-bond donors (Lipinski definition) is 4. The zero-order valence-electron chi connectivity index (χ0n) is 28.1. The summed E-state index contributed by atoms with van der Waals surface area (Å²) in [6, 6.07) is 13.9. The summed E-state index contributed by atoms with van der Waals surface area (Å²) < 4.78 is 0. The molecule has 1 fully saturated rings. The molecule has 2 aliphatic rings. The van der Waals surface area contributed by atoms with Crippen molar-refractivity contribution in [2.45, 2.75) is 84.0 Å². The first-order chi connectivity index (χ1) is 23.1. The zero-order valence-corrected chi connectivity index (χ0v) is 28.1. The summed E-state index contributed by atoms with van der Waals surface area (Å²) in [6.45, 7) is 7.12. The highest BCUT2D eigenvalue weighted by atomic mass is 16.2. The van der Waals surface area contributed by atoms with Crippen LogP contribution in [0.25, 0.3) is 33.6 Å². The number of nitrogens with zero attached hydrogens (tertiary/aromatic N) is 4. The number of nitrogens with one attached hydrogen (secondary N) is 2. The predicted octanol–water partition coefficient (Wildman–Crippen LogP) is 4.97. The molecule has 6 rings (SSSR count). The van der Waals surface area contributed by atoms with Crippen LogP contribution in [0.3, 0.4) is 0 Å². The van der Waals surface area contributed by atoms with Crippen LogP contribution in [0.1, 0.15) is 75.4 Å². The molecule has 0 unspecified atom stereocenters. The number of likely N-dealkylation sites (tertiary alicyclic amines) is 1. The number of imidazole rings is 2. The Labute approximate surface area is 282 Å². The Morgan fingerprint density at radius 2 is 1.79 bits per heavy atom. The zero-order chi connectivity index (χ0) is 33.9. The van der Waals surface area contributed by atoms with Crippen molar-refractivity contribution >= 4 is 11.8 Å². The Morgan fingerprint density at radius 1 is 1.04 bits per heavy atom. The lowest BCUT2D eigenvalue weighted by Gasteiger charge is -2.27. The van der Waals surface area contributed by atoms with Gasteiger partial charge in [0.2, 0.25) is 11.8 Å². The van der Waals surface area contributed by atoms with Crippen LogP contribution in [0.15, 0.2) is 48.7 Å². The van der Waals surface area contributed by atoms with E-state index in [1.807, 2.05) is 18.7 Å². The van der Waals surface area contributed by atoms with Gasteiger partial charge in [-0.1, -0.05) is 56.3 Å². The SMILES string of the molecule is C#CCCN(Cc1ncc(-c2ccc(-c3ccc4c(c3)CCCc3[nH]c([C@@H]5CCCN5C(=O)[C@@H](N)C(C)C)nc3-4)cc2)[nH]1)C(=O)[C@H](C)N. The fourth-order valence-corrected chi connectivity index (χ4v) is 6.82. The second kappa shape index (κ2) is 14.2. The van der Waals surface area contributed by atoms with Crippen molar-refractivity contribution in [1.29, 1.82) is 0 Å². The number of amides is 2. The first-order valence-electron chi connectivity index (χ1n) is 17.0. The van der Waals surface area contributed by atoms with Gasteiger partial charge in [-0.25, -0.2) is 9.97 Å². The molecule has 48 heavy (non-hydrogen) atoms. The second-order valence-corrected chi connectivity index (χ2v) is 13.5. The van der Waals surface area contributed by atoms with Crippen LogP contribution >= 0.6 is 0 Å². The standard InChI is InChI=1S/C38H46N8O2/c1-5-6-18-45(37(47)24(4)39)22-33-41-21-31(42-33)26-14-12-25(13-15-26)27-16-17-29-28(20-27)9-7-10-30-35(29)44-36(43-30)32-11-8-19-46(32)38(48)34(40)23(2)3/h1,12-17,20-21,23-24,32,34H,6-11,18-19,22,39-40H2,2-4H3,(H,41,42)(H,43,44)/t24-,32-,34-/m0/s1. The molecule has 3 heterocycles. The number of hydrogen-bond acceptors (Lipinski definition) is 6. The van der Waals surface area contributed by atoms with E-state index in [2.05, 4.69) is 63.3 Å². The number of benzene rings is 2. The van der Waals surface area contributed by atoms with Crippen LogP contribution in [0.4, 0.5) is 0 Å². The molecule has 10 nitrogen and oxygen atoms in total. The van der Waals surface area contributed by atoms with Gasteiger partial charge >= 0.3 is 0 Å². The lowest BCUT2D eigenvalue weighted by atomic mass is 9.95. The molecule has 2 amide bonds. The maximum absolute atomic E-state index is 13.2. The highest BCUT2D eigenvalue weighted by molar-refractivity contribution is 5.83. The summed E-state index contributed by atoms with van der Waals surface area (Å²) >= 11 is 0. The summed E-state index contributed by atoms with van der Waals surface area (Å²) in [5.41, 5.74) is 20.8. The van der Waals surface area contributed by atoms with E-state index in [0.717, 1.165) is 83.8 Å². The van der Waals surface area contributed by atoms with Crippen LogP contribution in [0.5, 0.6) is 0 Å². The average Bonchev–Trinajstić information content (AvgIpc) is 3.84. The van der Waals surface area contributed by atoms with Gasteiger partial charge in [-0.05, 0) is 67.2 Å². The Bertz CT molecular complexity index is 1810. The van der Waals surface area contributed by atoms with Gasteiger partial charge in [0.05, 0.1) is 42.3 Å². The molecule has 2 aromatic heterocycles. The van der Waals surface area contributed by atoms with Gasteiger partial charge in [0.25, 0.3) is 0 Å². The van der Waals surface area contributed by atoms with Crippen LogP contribution in [-0.4, -0.2) is 66.7 Å². The van der Waals surface area contributed by atoms with E-state index in [4.69, 9.17) is 22.9 Å². The Balaban J connectivity index is 1.19. The number of H-pyrrole nitrogens is 2. The smallest absolute Gasteiger partial charge is 0.240 e. The van der Waals surface area contributed by atoms with Crippen molar-refractivity contribution in [3.05, 3.63) is 71.6 Å². The maximum Gasteiger partial charge on any atom is 0.240 e. The molecular weight excluding hydrogens is 600 g/mol. The largest absolute Gasteiger partial charge is 0.344 e. The first-order valence-corrected chi connectivity index (χ1v) is 17.0. The van der Waals surface area contributed by atoms with Gasteiger partial charge in [-0.15, -0.1) is 12.3 Å². The van der Waals surface area contributed by atoms with E-state index >= 15 is 0 Å². The first kappa shape index (κ1) is 33.2.